The lowest BCUT2D eigenvalue weighted by atomic mass is 10.1. The van der Waals surface area contributed by atoms with E-state index in [0.717, 1.165) is 11.3 Å². The molecule has 120 valence electrons. The van der Waals surface area contributed by atoms with Crippen molar-refractivity contribution in [1.82, 2.24) is 25.0 Å². The fraction of sp³-hybridized carbons (Fsp3) is 0.333. The van der Waals surface area contributed by atoms with Crippen LogP contribution in [-0.2, 0) is 9.53 Å². The first kappa shape index (κ1) is 15.0. The first-order chi connectivity index (χ1) is 11.1. The van der Waals surface area contributed by atoms with Crippen LogP contribution in [0.2, 0.25) is 0 Å². The molecule has 8 heteroatoms. The molecule has 2 aromatic rings. The van der Waals surface area contributed by atoms with Crippen LogP contribution in [0.4, 0.5) is 4.79 Å². The third-order valence-corrected chi connectivity index (χ3v) is 3.63. The van der Waals surface area contributed by atoms with E-state index in [2.05, 4.69) is 15.4 Å². The summed E-state index contributed by atoms with van der Waals surface area (Å²) in [6.45, 7) is 2.70. The van der Waals surface area contributed by atoms with Gasteiger partial charge in [0.25, 0.3) is 0 Å². The Kier molecular flexibility index (Phi) is 4.22. The van der Waals surface area contributed by atoms with Crippen LogP contribution in [0.25, 0.3) is 5.69 Å². The van der Waals surface area contributed by atoms with E-state index in [9.17, 15) is 9.59 Å². The van der Waals surface area contributed by atoms with Crippen molar-refractivity contribution in [3.8, 4) is 5.69 Å². The monoisotopic (exact) mass is 315 g/mol. The zero-order chi connectivity index (χ0) is 16.2. The lowest BCUT2D eigenvalue weighted by molar-refractivity contribution is -0.122. The van der Waals surface area contributed by atoms with Crippen LogP contribution in [0.3, 0.4) is 0 Å². The zero-order valence-electron chi connectivity index (χ0n) is 12.7. The molecular formula is C15H17N5O3. The molecule has 1 unspecified atom stereocenters. The van der Waals surface area contributed by atoms with E-state index >= 15 is 0 Å². The van der Waals surface area contributed by atoms with Gasteiger partial charge in [-0.15, -0.1) is 0 Å². The van der Waals surface area contributed by atoms with Gasteiger partial charge in [0.15, 0.2) is 0 Å². The van der Waals surface area contributed by atoms with Crippen molar-refractivity contribution in [1.29, 1.82) is 0 Å². The summed E-state index contributed by atoms with van der Waals surface area (Å²) in [4.78, 5) is 28.6. The van der Waals surface area contributed by atoms with Gasteiger partial charge < -0.3 is 10.1 Å². The minimum atomic E-state index is -0.440. The number of carbonyl (C=O) groups excluding carboxylic acids is 2. The van der Waals surface area contributed by atoms with Crippen molar-refractivity contribution in [2.45, 2.75) is 13.0 Å². The van der Waals surface area contributed by atoms with Crippen molar-refractivity contribution in [2.24, 2.45) is 0 Å². The maximum atomic E-state index is 12.0. The van der Waals surface area contributed by atoms with Crippen LogP contribution in [-0.4, -0.2) is 51.4 Å². The van der Waals surface area contributed by atoms with Gasteiger partial charge in [-0.05, 0) is 24.6 Å². The van der Waals surface area contributed by atoms with Crippen LogP contribution in [0, 0.1) is 0 Å². The average molecular weight is 315 g/mol. The largest absolute Gasteiger partial charge is 0.448 e. The topological polar surface area (TPSA) is 89.4 Å². The Hall–Kier alpha value is -2.90. The molecule has 1 fully saturated rings. The van der Waals surface area contributed by atoms with Crippen LogP contribution in [0.1, 0.15) is 18.5 Å². The van der Waals surface area contributed by atoms with Crippen LogP contribution in [0.5, 0.6) is 0 Å². The summed E-state index contributed by atoms with van der Waals surface area (Å²) >= 11 is 0. The predicted molar refractivity (Wildman–Crippen MR) is 80.8 cm³/mol. The number of benzene rings is 1. The van der Waals surface area contributed by atoms with E-state index in [-0.39, 0.29) is 18.5 Å². The van der Waals surface area contributed by atoms with Crippen molar-refractivity contribution in [3.63, 3.8) is 0 Å². The molecule has 2 heterocycles. The number of nitrogens with one attached hydrogen (secondary N) is 1. The van der Waals surface area contributed by atoms with E-state index in [1.807, 2.05) is 31.2 Å². The highest BCUT2D eigenvalue weighted by Crippen LogP contribution is 2.15. The normalized spacial score (nSPS) is 15.3. The molecule has 1 N–H and O–H groups in total. The van der Waals surface area contributed by atoms with Crippen molar-refractivity contribution in [2.75, 3.05) is 19.7 Å². The molecule has 1 aliphatic rings. The SMILES string of the molecule is CC(NC(=O)CN1CCOC1=O)c1ccc(-n2cncn2)cc1. The highest BCUT2D eigenvalue weighted by molar-refractivity contribution is 5.83. The Morgan fingerprint density at radius 3 is 2.78 bits per heavy atom. The van der Waals surface area contributed by atoms with Crippen LogP contribution < -0.4 is 5.32 Å². The smallest absolute Gasteiger partial charge is 0.410 e. The summed E-state index contributed by atoms with van der Waals surface area (Å²) in [5.41, 5.74) is 1.86. The lowest BCUT2D eigenvalue weighted by Gasteiger charge is -2.17. The van der Waals surface area contributed by atoms with E-state index < -0.39 is 6.09 Å². The molecule has 0 spiro atoms. The molecule has 1 saturated heterocycles. The number of rotatable bonds is 5. The number of ether oxygens (including phenoxy) is 1. The summed E-state index contributed by atoms with van der Waals surface area (Å²) in [7, 11) is 0. The Labute approximate surface area is 133 Å². The summed E-state index contributed by atoms with van der Waals surface area (Å²) < 4.78 is 6.46. The molecule has 0 radical (unpaired) electrons. The average Bonchev–Trinajstić information content (AvgIpc) is 3.20. The van der Waals surface area contributed by atoms with Gasteiger partial charge in [-0.3, -0.25) is 9.69 Å². The molecule has 0 bridgehead atoms. The number of carbonyl (C=O) groups is 2. The summed E-state index contributed by atoms with van der Waals surface area (Å²) in [5.74, 6) is -0.211. The number of cyclic esters (lactones) is 1. The number of aromatic nitrogens is 3. The van der Waals surface area contributed by atoms with Gasteiger partial charge in [0.2, 0.25) is 5.91 Å². The fourth-order valence-electron chi connectivity index (χ4n) is 2.37. The molecule has 0 saturated carbocycles. The molecule has 2 amide bonds. The van der Waals surface area contributed by atoms with E-state index in [4.69, 9.17) is 4.74 Å². The van der Waals surface area contributed by atoms with Gasteiger partial charge in [0.1, 0.15) is 25.8 Å². The summed E-state index contributed by atoms with van der Waals surface area (Å²) in [6.07, 6.45) is 2.65. The highest BCUT2D eigenvalue weighted by atomic mass is 16.6. The Bertz CT molecular complexity index is 684. The second-order valence-electron chi connectivity index (χ2n) is 5.26. The predicted octanol–water partition coefficient (Wildman–Crippen LogP) is 0.897. The lowest BCUT2D eigenvalue weighted by Crippen LogP contribution is -2.38. The third-order valence-electron chi connectivity index (χ3n) is 3.63. The van der Waals surface area contributed by atoms with E-state index in [0.29, 0.717) is 13.2 Å². The molecule has 0 aliphatic carbocycles. The molecular weight excluding hydrogens is 298 g/mol. The second-order valence-corrected chi connectivity index (χ2v) is 5.26. The molecule has 1 atom stereocenters. The Balaban J connectivity index is 1.58. The number of hydrogen-bond donors (Lipinski definition) is 1. The van der Waals surface area contributed by atoms with Gasteiger partial charge in [-0.2, -0.15) is 5.10 Å². The van der Waals surface area contributed by atoms with Crippen molar-refractivity contribution < 1.29 is 14.3 Å². The molecule has 1 aromatic carbocycles. The zero-order valence-corrected chi connectivity index (χ0v) is 12.7. The first-order valence-electron chi connectivity index (χ1n) is 7.29. The molecule has 23 heavy (non-hydrogen) atoms. The minimum absolute atomic E-state index is 0.0141. The van der Waals surface area contributed by atoms with Gasteiger partial charge in [0, 0.05) is 0 Å². The quantitative estimate of drug-likeness (QED) is 0.885. The molecule has 1 aliphatic heterocycles. The standard InChI is InChI=1S/C15H17N5O3/c1-11(18-14(21)8-19-6-7-23-15(19)22)12-2-4-13(5-3-12)20-10-16-9-17-20/h2-5,9-11H,6-8H2,1H3,(H,18,21). The third kappa shape index (κ3) is 3.47. The highest BCUT2D eigenvalue weighted by Gasteiger charge is 2.24. The van der Waals surface area contributed by atoms with Gasteiger partial charge in [-0.1, -0.05) is 12.1 Å². The van der Waals surface area contributed by atoms with E-state index in [1.54, 1.807) is 11.0 Å². The maximum Gasteiger partial charge on any atom is 0.410 e. The number of amides is 2. The van der Waals surface area contributed by atoms with Gasteiger partial charge >= 0.3 is 6.09 Å². The maximum absolute atomic E-state index is 12.0. The first-order valence-corrected chi connectivity index (χ1v) is 7.29. The second kappa shape index (κ2) is 6.47. The van der Waals surface area contributed by atoms with Crippen LogP contribution >= 0.6 is 0 Å². The molecule has 8 nitrogen and oxygen atoms in total. The Morgan fingerprint density at radius 2 is 2.17 bits per heavy atom. The number of nitrogens with zero attached hydrogens (tertiary/aromatic N) is 4. The number of hydrogen-bond acceptors (Lipinski definition) is 5. The fourth-order valence-corrected chi connectivity index (χ4v) is 2.37. The summed E-state index contributed by atoms with van der Waals surface area (Å²) in [6, 6.07) is 7.50. The molecule has 3 rings (SSSR count). The van der Waals surface area contributed by atoms with Crippen molar-refractivity contribution in [3.05, 3.63) is 42.5 Å². The molecule has 1 aromatic heterocycles. The van der Waals surface area contributed by atoms with Crippen LogP contribution in [0.15, 0.2) is 36.9 Å². The van der Waals surface area contributed by atoms with Crippen molar-refractivity contribution >= 4 is 12.0 Å². The van der Waals surface area contributed by atoms with Gasteiger partial charge in [-0.25, -0.2) is 14.5 Å². The Morgan fingerprint density at radius 1 is 1.39 bits per heavy atom. The summed E-state index contributed by atoms with van der Waals surface area (Å²) in [5, 5.41) is 6.94. The van der Waals surface area contributed by atoms with Gasteiger partial charge in [0.05, 0.1) is 18.3 Å². The van der Waals surface area contributed by atoms with E-state index in [1.165, 1.54) is 11.2 Å². The minimum Gasteiger partial charge on any atom is -0.448 e.